The monoisotopic (exact) mass is 430 g/mol. The summed E-state index contributed by atoms with van der Waals surface area (Å²) < 4.78 is 5.30. The summed E-state index contributed by atoms with van der Waals surface area (Å²) >= 11 is 2.79. The Balaban J connectivity index is 1.67. The number of carbonyl (C=O) groups excluding carboxylic acids is 2. The predicted molar refractivity (Wildman–Crippen MR) is 116 cm³/mol. The van der Waals surface area contributed by atoms with Crippen LogP contribution in [0.25, 0.3) is 10.9 Å². The summed E-state index contributed by atoms with van der Waals surface area (Å²) in [5, 5.41) is 7.24. The molecule has 0 spiro atoms. The van der Waals surface area contributed by atoms with Crippen LogP contribution in [-0.4, -0.2) is 48.1 Å². The van der Waals surface area contributed by atoms with Gasteiger partial charge in [-0.15, -0.1) is 11.3 Å². The number of likely N-dealkylation sites (N-methyl/N-ethyl adjacent to an activating group) is 1. The maximum atomic E-state index is 12.6. The Morgan fingerprint density at radius 1 is 1.21 bits per heavy atom. The first-order valence-electron chi connectivity index (χ1n) is 8.98. The summed E-state index contributed by atoms with van der Waals surface area (Å²) in [5.74, 6) is 1.61. The fourth-order valence-corrected chi connectivity index (χ4v) is 4.58. The Kier molecular flexibility index (Phi) is 7.18. The number of aryl methyl sites for hydroxylation is 1. The molecule has 0 unspecified atom stereocenters. The zero-order valence-electron chi connectivity index (χ0n) is 16.4. The lowest BCUT2D eigenvalue weighted by molar-refractivity contribution is -0.120. The third-order valence-electron chi connectivity index (χ3n) is 4.05. The van der Waals surface area contributed by atoms with Crippen molar-refractivity contribution in [1.82, 2.24) is 20.6 Å². The second-order valence-electron chi connectivity index (χ2n) is 6.24. The Morgan fingerprint density at radius 3 is 2.79 bits per heavy atom. The van der Waals surface area contributed by atoms with Crippen molar-refractivity contribution < 1.29 is 14.3 Å². The second-order valence-corrected chi connectivity index (χ2v) is 8.38. The van der Waals surface area contributed by atoms with Crippen LogP contribution in [0.15, 0.2) is 35.4 Å². The van der Waals surface area contributed by atoms with Gasteiger partial charge in [-0.2, -0.15) is 0 Å². The molecule has 9 heteroatoms. The molecule has 0 saturated heterocycles. The molecule has 29 heavy (non-hydrogen) atoms. The molecule has 2 N–H and O–H groups in total. The Morgan fingerprint density at radius 2 is 2.03 bits per heavy atom. The molecule has 1 aromatic carbocycles. The van der Waals surface area contributed by atoms with Crippen molar-refractivity contribution in [3.8, 4) is 5.75 Å². The fourth-order valence-electron chi connectivity index (χ4n) is 2.66. The van der Waals surface area contributed by atoms with Crippen molar-refractivity contribution in [2.24, 2.45) is 0 Å². The molecule has 0 aliphatic rings. The van der Waals surface area contributed by atoms with Gasteiger partial charge in [0, 0.05) is 10.3 Å². The van der Waals surface area contributed by atoms with Gasteiger partial charge < -0.3 is 15.4 Å². The van der Waals surface area contributed by atoms with Gasteiger partial charge in [-0.25, -0.2) is 9.97 Å². The minimum Gasteiger partial charge on any atom is -0.497 e. The lowest BCUT2D eigenvalue weighted by Gasteiger charge is -2.08. The highest BCUT2D eigenvalue weighted by Gasteiger charge is 2.14. The van der Waals surface area contributed by atoms with Crippen LogP contribution in [0.4, 0.5) is 0 Å². The van der Waals surface area contributed by atoms with E-state index in [9.17, 15) is 9.59 Å². The average Bonchev–Trinajstić information content (AvgIpc) is 3.19. The van der Waals surface area contributed by atoms with Crippen molar-refractivity contribution in [2.75, 3.05) is 26.5 Å². The summed E-state index contributed by atoms with van der Waals surface area (Å²) in [5.41, 5.74) is 0.823. The molecule has 0 fully saturated rings. The van der Waals surface area contributed by atoms with Crippen LogP contribution in [0.1, 0.15) is 20.4 Å². The van der Waals surface area contributed by atoms with E-state index in [1.165, 1.54) is 23.1 Å². The number of nitrogens with zero attached hydrogens (tertiary/aromatic N) is 2. The smallest absolute Gasteiger partial charge is 0.234 e. The number of Topliss-reactive ketones (excluding diaryl/α,β-unsaturated/α-hetero) is 1. The molecule has 0 radical (unpaired) electrons. The van der Waals surface area contributed by atoms with E-state index < -0.39 is 0 Å². The molecule has 2 heterocycles. The lowest BCUT2D eigenvalue weighted by atomic mass is 10.2. The number of rotatable bonds is 9. The van der Waals surface area contributed by atoms with Crippen LogP contribution in [0, 0.1) is 6.92 Å². The van der Waals surface area contributed by atoms with Crippen LogP contribution in [0.3, 0.4) is 0 Å². The van der Waals surface area contributed by atoms with Gasteiger partial charge in [-0.3, -0.25) is 9.59 Å². The van der Waals surface area contributed by atoms with Gasteiger partial charge >= 0.3 is 0 Å². The predicted octanol–water partition coefficient (Wildman–Crippen LogP) is 2.82. The minimum atomic E-state index is -0.0780. The molecule has 152 valence electrons. The second kappa shape index (κ2) is 9.82. The van der Waals surface area contributed by atoms with Gasteiger partial charge in [-0.1, -0.05) is 11.8 Å². The third-order valence-corrected chi connectivity index (χ3v) is 6.17. The number of fused-ring (bicyclic) bond motifs is 1. The number of aromatic nitrogens is 2. The van der Waals surface area contributed by atoms with Gasteiger partial charge in [0.25, 0.3) is 0 Å². The SMILES string of the molecule is CNCC(=O)NCc1ccc(C(=O)CSc2nc(C)nc3ccc(OC)cc23)s1. The first-order chi connectivity index (χ1) is 14.0. The molecule has 0 atom stereocenters. The Bertz CT molecular complexity index is 1040. The van der Waals surface area contributed by atoms with Crippen LogP contribution in [-0.2, 0) is 11.3 Å². The van der Waals surface area contributed by atoms with Crippen molar-refractivity contribution in [1.29, 1.82) is 0 Å². The fraction of sp³-hybridized carbons (Fsp3) is 0.300. The quantitative estimate of drug-likeness (QED) is 0.306. The standard InChI is InChI=1S/C20H22N4O3S2/c1-12-23-16-6-4-13(27-3)8-15(16)20(24-12)28-11-17(25)18-7-5-14(29-18)9-22-19(26)10-21-2/h4-8,21H,9-11H2,1-3H3,(H,22,26). The van der Waals surface area contributed by atoms with Crippen LogP contribution in [0.5, 0.6) is 5.75 Å². The molecule has 0 aliphatic heterocycles. The zero-order chi connectivity index (χ0) is 20.8. The van der Waals surface area contributed by atoms with E-state index in [1.54, 1.807) is 20.2 Å². The Labute approximate surface area is 177 Å². The summed E-state index contributed by atoms with van der Waals surface area (Å²) in [4.78, 5) is 34.7. The van der Waals surface area contributed by atoms with E-state index in [2.05, 4.69) is 20.6 Å². The van der Waals surface area contributed by atoms with E-state index in [0.29, 0.717) is 17.2 Å². The van der Waals surface area contributed by atoms with Crippen molar-refractivity contribution in [3.63, 3.8) is 0 Å². The van der Waals surface area contributed by atoms with Crippen LogP contribution < -0.4 is 15.4 Å². The maximum absolute atomic E-state index is 12.6. The lowest BCUT2D eigenvalue weighted by Crippen LogP contribution is -2.31. The van der Waals surface area contributed by atoms with Crippen molar-refractivity contribution >= 4 is 45.7 Å². The molecule has 7 nitrogen and oxygen atoms in total. The van der Waals surface area contributed by atoms with Gasteiger partial charge in [0.1, 0.15) is 16.6 Å². The molecule has 3 rings (SSSR count). The molecule has 0 aliphatic carbocycles. The van der Waals surface area contributed by atoms with Gasteiger partial charge in [0.15, 0.2) is 5.78 Å². The van der Waals surface area contributed by atoms with Crippen molar-refractivity contribution in [3.05, 3.63) is 45.9 Å². The van der Waals surface area contributed by atoms with E-state index in [4.69, 9.17) is 4.74 Å². The highest BCUT2D eigenvalue weighted by molar-refractivity contribution is 8.00. The number of thioether (sulfide) groups is 1. The number of thiophene rings is 1. The summed E-state index contributed by atoms with van der Waals surface area (Å²) in [6.07, 6.45) is 0. The van der Waals surface area contributed by atoms with Gasteiger partial charge in [-0.05, 0) is 44.3 Å². The molecule has 2 aromatic heterocycles. The summed E-state index contributed by atoms with van der Waals surface area (Å²) in [6.45, 7) is 2.52. The molecule has 3 aromatic rings. The largest absolute Gasteiger partial charge is 0.497 e. The van der Waals surface area contributed by atoms with E-state index >= 15 is 0 Å². The molecule has 0 saturated carbocycles. The highest BCUT2D eigenvalue weighted by Crippen LogP contribution is 2.29. The number of ether oxygens (including phenoxy) is 1. The number of ketones is 1. The number of hydrogen-bond acceptors (Lipinski definition) is 8. The van der Waals surface area contributed by atoms with Crippen LogP contribution in [0.2, 0.25) is 0 Å². The highest BCUT2D eigenvalue weighted by atomic mass is 32.2. The maximum Gasteiger partial charge on any atom is 0.234 e. The van der Waals surface area contributed by atoms with E-state index in [1.807, 2.05) is 31.2 Å². The molecular weight excluding hydrogens is 408 g/mol. The third kappa shape index (κ3) is 5.53. The minimum absolute atomic E-state index is 0.0279. The first kappa shape index (κ1) is 21.2. The van der Waals surface area contributed by atoms with Crippen LogP contribution >= 0.6 is 23.1 Å². The topological polar surface area (TPSA) is 93.2 Å². The zero-order valence-corrected chi connectivity index (χ0v) is 18.1. The van der Waals surface area contributed by atoms with E-state index in [-0.39, 0.29) is 24.0 Å². The first-order valence-corrected chi connectivity index (χ1v) is 10.8. The number of hydrogen-bond donors (Lipinski definition) is 2. The van der Waals surface area contributed by atoms with Gasteiger partial charge in [0.05, 0.1) is 36.3 Å². The number of amides is 1. The summed E-state index contributed by atoms with van der Waals surface area (Å²) in [7, 11) is 3.33. The molecule has 0 bridgehead atoms. The van der Waals surface area contributed by atoms with Crippen molar-refractivity contribution in [2.45, 2.75) is 18.5 Å². The number of carbonyl (C=O) groups is 2. The number of nitrogens with one attached hydrogen (secondary N) is 2. The van der Waals surface area contributed by atoms with Gasteiger partial charge in [0.2, 0.25) is 5.91 Å². The van der Waals surface area contributed by atoms with E-state index in [0.717, 1.165) is 26.6 Å². The normalized spacial score (nSPS) is 10.9. The molecular formula is C20H22N4O3S2. The Hall–Kier alpha value is -2.49. The molecule has 1 amide bonds. The number of benzene rings is 1. The summed E-state index contributed by atoms with van der Waals surface area (Å²) in [6, 6.07) is 9.31. The average molecular weight is 431 g/mol. The number of methoxy groups -OCH3 is 1.